The molecule has 2 rings (SSSR count). The quantitative estimate of drug-likeness (QED) is 0.823. The number of aromatic nitrogens is 5. The maximum Gasteiger partial charge on any atom is 0.257 e. The summed E-state index contributed by atoms with van der Waals surface area (Å²) in [6, 6.07) is 2.09. The Morgan fingerprint density at radius 2 is 2.00 bits per heavy atom. The van der Waals surface area contributed by atoms with Crippen molar-refractivity contribution in [2.75, 3.05) is 17.2 Å². The SMILES string of the molecule is CCCNc1nc(NC(C)C)nc(-n2cccn2)n1. The third kappa shape index (κ3) is 3.64. The molecule has 0 fully saturated rings. The van der Waals surface area contributed by atoms with E-state index in [1.807, 2.05) is 19.9 Å². The van der Waals surface area contributed by atoms with Gasteiger partial charge in [0.15, 0.2) is 0 Å². The summed E-state index contributed by atoms with van der Waals surface area (Å²) in [5, 5.41) is 10.5. The number of nitrogens with one attached hydrogen (secondary N) is 2. The van der Waals surface area contributed by atoms with Crippen LogP contribution in [0.25, 0.3) is 5.95 Å². The maximum atomic E-state index is 4.35. The molecule has 0 atom stereocenters. The summed E-state index contributed by atoms with van der Waals surface area (Å²) in [5.41, 5.74) is 0. The molecule has 2 N–H and O–H groups in total. The van der Waals surface area contributed by atoms with Crippen LogP contribution in [0.4, 0.5) is 11.9 Å². The molecule has 0 aromatic carbocycles. The molecule has 0 unspecified atom stereocenters. The van der Waals surface area contributed by atoms with E-state index in [0.717, 1.165) is 13.0 Å². The van der Waals surface area contributed by atoms with Gasteiger partial charge in [-0.25, -0.2) is 4.68 Å². The number of rotatable bonds is 6. The minimum Gasteiger partial charge on any atom is -0.354 e. The normalized spacial score (nSPS) is 10.7. The zero-order valence-corrected chi connectivity index (χ0v) is 11.5. The number of nitrogens with zero attached hydrogens (tertiary/aromatic N) is 5. The monoisotopic (exact) mass is 261 g/mol. The molecule has 0 aliphatic rings. The molecule has 0 aliphatic heterocycles. The zero-order valence-electron chi connectivity index (χ0n) is 11.5. The lowest BCUT2D eigenvalue weighted by Gasteiger charge is -2.11. The molecule has 0 radical (unpaired) electrons. The molecule has 7 heteroatoms. The molecule has 0 bridgehead atoms. The van der Waals surface area contributed by atoms with E-state index in [0.29, 0.717) is 17.8 Å². The Bertz CT molecular complexity index is 507. The molecular formula is C12H19N7. The summed E-state index contributed by atoms with van der Waals surface area (Å²) in [6.07, 6.45) is 4.51. The van der Waals surface area contributed by atoms with Crippen LogP contribution in [0.1, 0.15) is 27.2 Å². The van der Waals surface area contributed by atoms with Crippen LogP contribution in [0.2, 0.25) is 0 Å². The molecule has 102 valence electrons. The molecule has 0 amide bonds. The average molecular weight is 261 g/mol. The van der Waals surface area contributed by atoms with Crippen LogP contribution in [0.5, 0.6) is 0 Å². The molecule has 2 heterocycles. The largest absolute Gasteiger partial charge is 0.354 e. The van der Waals surface area contributed by atoms with Gasteiger partial charge in [-0.05, 0) is 26.3 Å². The molecule has 2 aromatic rings. The highest BCUT2D eigenvalue weighted by Gasteiger charge is 2.08. The van der Waals surface area contributed by atoms with Gasteiger partial charge in [-0.15, -0.1) is 0 Å². The molecule has 0 saturated carbocycles. The lowest BCUT2D eigenvalue weighted by Crippen LogP contribution is -2.17. The Hall–Kier alpha value is -2.18. The fraction of sp³-hybridized carbons (Fsp3) is 0.500. The Kier molecular flexibility index (Phi) is 4.27. The van der Waals surface area contributed by atoms with Gasteiger partial charge in [-0.2, -0.15) is 20.1 Å². The molecular weight excluding hydrogens is 242 g/mol. The highest BCUT2D eigenvalue weighted by molar-refractivity contribution is 5.38. The van der Waals surface area contributed by atoms with Gasteiger partial charge in [0.2, 0.25) is 11.9 Å². The summed E-state index contributed by atoms with van der Waals surface area (Å²) in [7, 11) is 0. The van der Waals surface area contributed by atoms with Crippen LogP contribution in [-0.2, 0) is 0 Å². The standard InChI is InChI=1S/C12H19N7/c1-4-6-13-10-16-11(15-9(2)3)18-12(17-10)19-8-5-7-14-19/h5,7-9H,4,6H2,1-3H3,(H2,13,15,16,17,18). The first kappa shape index (κ1) is 13.3. The van der Waals surface area contributed by atoms with Crippen molar-refractivity contribution in [3.63, 3.8) is 0 Å². The van der Waals surface area contributed by atoms with Gasteiger partial charge in [0, 0.05) is 25.0 Å². The summed E-state index contributed by atoms with van der Waals surface area (Å²) in [6.45, 7) is 6.99. The van der Waals surface area contributed by atoms with Gasteiger partial charge >= 0.3 is 0 Å². The Morgan fingerprint density at radius 1 is 1.21 bits per heavy atom. The third-order valence-corrected chi connectivity index (χ3v) is 2.28. The van der Waals surface area contributed by atoms with E-state index >= 15 is 0 Å². The smallest absolute Gasteiger partial charge is 0.257 e. The van der Waals surface area contributed by atoms with E-state index in [-0.39, 0.29) is 6.04 Å². The summed E-state index contributed by atoms with van der Waals surface area (Å²) >= 11 is 0. The fourth-order valence-corrected chi connectivity index (χ4v) is 1.49. The van der Waals surface area contributed by atoms with Crippen molar-refractivity contribution in [1.29, 1.82) is 0 Å². The van der Waals surface area contributed by atoms with Crippen LogP contribution in [-0.4, -0.2) is 37.3 Å². The lowest BCUT2D eigenvalue weighted by molar-refractivity contribution is 0.784. The van der Waals surface area contributed by atoms with Crippen molar-refractivity contribution < 1.29 is 0 Å². The fourth-order valence-electron chi connectivity index (χ4n) is 1.49. The maximum absolute atomic E-state index is 4.35. The van der Waals surface area contributed by atoms with Gasteiger partial charge in [0.1, 0.15) is 0 Å². The molecule has 2 aromatic heterocycles. The molecule has 7 nitrogen and oxygen atoms in total. The van der Waals surface area contributed by atoms with Gasteiger partial charge in [0.25, 0.3) is 5.95 Å². The average Bonchev–Trinajstić information content (AvgIpc) is 2.89. The zero-order chi connectivity index (χ0) is 13.7. The second-order valence-electron chi connectivity index (χ2n) is 4.46. The van der Waals surface area contributed by atoms with Crippen LogP contribution in [0.15, 0.2) is 18.5 Å². The van der Waals surface area contributed by atoms with E-state index in [4.69, 9.17) is 0 Å². The van der Waals surface area contributed by atoms with Crippen LogP contribution < -0.4 is 10.6 Å². The molecule has 0 spiro atoms. The second-order valence-corrected chi connectivity index (χ2v) is 4.46. The third-order valence-electron chi connectivity index (χ3n) is 2.28. The summed E-state index contributed by atoms with van der Waals surface area (Å²) < 4.78 is 1.62. The van der Waals surface area contributed by atoms with E-state index < -0.39 is 0 Å². The second kappa shape index (κ2) is 6.12. The van der Waals surface area contributed by atoms with Gasteiger partial charge in [0.05, 0.1) is 0 Å². The van der Waals surface area contributed by atoms with Crippen molar-refractivity contribution in [3.8, 4) is 5.95 Å². The van der Waals surface area contributed by atoms with Gasteiger partial charge in [-0.1, -0.05) is 6.92 Å². The van der Waals surface area contributed by atoms with Crippen molar-refractivity contribution in [2.45, 2.75) is 33.2 Å². The van der Waals surface area contributed by atoms with Gasteiger partial charge < -0.3 is 10.6 Å². The molecule has 19 heavy (non-hydrogen) atoms. The minimum absolute atomic E-state index is 0.256. The number of hydrogen-bond acceptors (Lipinski definition) is 6. The van der Waals surface area contributed by atoms with Crippen LogP contribution in [0.3, 0.4) is 0 Å². The van der Waals surface area contributed by atoms with E-state index in [1.54, 1.807) is 17.1 Å². The molecule has 0 saturated heterocycles. The minimum atomic E-state index is 0.256. The van der Waals surface area contributed by atoms with E-state index in [9.17, 15) is 0 Å². The molecule has 0 aliphatic carbocycles. The number of hydrogen-bond donors (Lipinski definition) is 2. The van der Waals surface area contributed by atoms with Crippen molar-refractivity contribution >= 4 is 11.9 Å². The highest BCUT2D eigenvalue weighted by atomic mass is 15.4. The first-order valence-corrected chi connectivity index (χ1v) is 6.45. The predicted molar refractivity (Wildman–Crippen MR) is 74.5 cm³/mol. The van der Waals surface area contributed by atoms with Crippen molar-refractivity contribution in [2.24, 2.45) is 0 Å². The van der Waals surface area contributed by atoms with Crippen LogP contribution >= 0.6 is 0 Å². The Balaban J connectivity index is 2.31. The predicted octanol–water partition coefficient (Wildman–Crippen LogP) is 1.70. The van der Waals surface area contributed by atoms with E-state index in [1.165, 1.54) is 0 Å². The topological polar surface area (TPSA) is 80.5 Å². The first-order chi connectivity index (χ1) is 9.19. The van der Waals surface area contributed by atoms with Crippen LogP contribution in [0, 0.1) is 0 Å². The summed E-state index contributed by atoms with van der Waals surface area (Å²) in [4.78, 5) is 13.0. The number of anilines is 2. The Morgan fingerprint density at radius 3 is 2.63 bits per heavy atom. The van der Waals surface area contributed by atoms with Crippen molar-refractivity contribution in [1.82, 2.24) is 24.7 Å². The Labute approximate surface area is 112 Å². The van der Waals surface area contributed by atoms with E-state index in [2.05, 4.69) is 37.6 Å². The highest BCUT2D eigenvalue weighted by Crippen LogP contribution is 2.09. The summed E-state index contributed by atoms with van der Waals surface area (Å²) in [5.74, 6) is 1.61. The lowest BCUT2D eigenvalue weighted by atomic mass is 10.4. The van der Waals surface area contributed by atoms with Crippen molar-refractivity contribution in [3.05, 3.63) is 18.5 Å². The van der Waals surface area contributed by atoms with Gasteiger partial charge in [-0.3, -0.25) is 0 Å². The first-order valence-electron chi connectivity index (χ1n) is 6.45.